The fraction of sp³-hybridized carbons (Fsp3) is 0.857. The first-order valence-electron chi connectivity index (χ1n) is 3.69. The Bertz CT molecular complexity index is 147. The maximum Gasteiger partial charge on any atom is 0.240 e. The highest BCUT2D eigenvalue weighted by molar-refractivity contribution is 5.83. The zero-order valence-electron chi connectivity index (χ0n) is 6.72. The molecule has 1 aliphatic heterocycles. The molecule has 10 heavy (non-hydrogen) atoms. The average Bonchev–Trinajstić information content (AvgIpc) is 2.17. The second-order valence-corrected chi connectivity index (χ2v) is 2.76. The summed E-state index contributed by atoms with van der Waals surface area (Å²) in [6.45, 7) is 3.97. The van der Waals surface area contributed by atoms with Crippen molar-refractivity contribution in [3.05, 3.63) is 0 Å². The fourth-order valence-corrected chi connectivity index (χ4v) is 1.32. The van der Waals surface area contributed by atoms with E-state index in [2.05, 4.69) is 12.2 Å². The lowest BCUT2D eigenvalue weighted by molar-refractivity contribution is -0.128. The number of nitrogens with zero attached hydrogens (tertiary/aromatic N) is 1. The van der Waals surface area contributed by atoms with Crippen LogP contribution in [0.4, 0.5) is 0 Å². The van der Waals surface area contributed by atoms with E-state index in [9.17, 15) is 4.79 Å². The molecule has 1 saturated heterocycles. The zero-order chi connectivity index (χ0) is 7.72. The van der Waals surface area contributed by atoms with E-state index in [4.69, 9.17) is 0 Å². The third-order valence-electron chi connectivity index (χ3n) is 2.01. The molecule has 1 aliphatic rings. The summed E-state index contributed by atoms with van der Waals surface area (Å²) in [5.41, 5.74) is 0. The second kappa shape index (κ2) is 2.58. The van der Waals surface area contributed by atoms with Gasteiger partial charge in [-0.1, -0.05) is 6.92 Å². The molecule has 1 N–H and O–H groups in total. The van der Waals surface area contributed by atoms with E-state index in [0.717, 1.165) is 6.42 Å². The summed E-state index contributed by atoms with van der Waals surface area (Å²) in [6.07, 6.45) is 1.23. The highest BCUT2D eigenvalue weighted by atomic mass is 16.2. The SMILES string of the molecule is CCC1NC(C)C(=O)N1C. The second-order valence-electron chi connectivity index (χ2n) is 2.76. The van der Waals surface area contributed by atoms with Crippen LogP contribution in [0.3, 0.4) is 0 Å². The van der Waals surface area contributed by atoms with E-state index in [1.165, 1.54) is 0 Å². The van der Waals surface area contributed by atoms with Crippen LogP contribution in [0.1, 0.15) is 20.3 Å². The fourth-order valence-electron chi connectivity index (χ4n) is 1.32. The highest BCUT2D eigenvalue weighted by Gasteiger charge is 2.31. The van der Waals surface area contributed by atoms with Crippen LogP contribution in [-0.4, -0.2) is 30.1 Å². The van der Waals surface area contributed by atoms with Gasteiger partial charge in [0, 0.05) is 7.05 Å². The van der Waals surface area contributed by atoms with Crippen LogP contribution in [0.2, 0.25) is 0 Å². The van der Waals surface area contributed by atoms with E-state index < -0.39 is 0 Å². The Balaban J connectivity index is 2.61. The third kappa shape index (κ3) is 1.01. The molecule has 3 heteroatoms. The van der Waals surface area contributed by atoms with Crippen molar-refractivity contribution in [1.29, 1.82) is 0 Å². The molecular formula is C7H14N2O. The van der Waals surface area contributed by atoms with Crippen molar-refractivity contribution >= 4 is 5.91 Å². The van der Waals surface area contributed by atoms with Crippen molar-refractivity contribution in [1.82, 2.24) is 10.2 Å². The molecule has 2 unspecified atom stereocenters. The predicted molar refractivity (Wildman–Crippen MR) is 39.4 cm³/mol. The third-order valence-corrected chi connectivity index (χ3v) is 2.01. The summed E-state index contributed by atoms with van der Waals surface area (Å²) in [7, 11) is 1.84. The van der Waals surface area contributed by atoms with Gasteiger partial charge in [0.15, 0.2) is 0 Å². The molecule has 2 atom stereocenters. The van der Waals surface area contributed by atoms with E-state index in [1.807, 2.05) is 14.0 Å². The van der Waals surface area contributed by atoms with E-state index >= 15 is 0 Å². The molecule has 58 valence electrons. The molecule has 0 aromatic heterocycles. The van der Waals surface area contributed by atoms with Gasteiger partial charge in [-0.25, -0.2) is 0 Å². The molecule has 1 rings (SSSR count). The zero-order valence-corrected chi connectivity index (χ0v) is 6.72. The Labute approximate surface area is 61.4 Å². The molecule has 0 radical (unpaired) electrons. The minimum atomic E-state index is 0.00921. The number of likely N-dealkylation sites (N-methyl/N-ethyl adjacent to an activating group) is 1. The summed E-state index contributed by atoms with van der Waals surface area (Å²) in [6, 6.07) is 0.00921. The van der Waals surface area contributed by atoms with Gasteiger partial charge in [0.1, 0.15) is 0 Å². The van der Waals surface area contributed by atoms with Gasteiger partial charge in [-0.3, -0.25) is 10.1 Å². The number of nitrogens with one attached hydrogen (secondary N) is 1. The largest absolute Gasteiger partial charge is 0.329 e. The van der Waals surface area contributed by atoms with Crippen LogP contribution in [0.5, 0.6) is 0 Å². The molecule has 0 aromatic carbocycles. The molecule has 1 fully saturated rings. The van der Waals surface area contributed by atoms with Crippen LogP contribution >= 0.6 is 0 Å². The van der Waals surface area contributed by atoms with Crippen molar-refractivity contribution < 1.29 is 4.79 Å². The molecule has 1 heterocycles. The van der Waals surface area contributed by atoms with Crippen LogP contribution in [0.25, 0.3) is 0 Å². The molecular weight excluding hydrogens is 128 g/mol. The molecule has 0 spiro atoms. The monoisotopic (exact) mass is 142 g/mol. The summed E-state index contributed by atoms with van der Waals surface area (Å²) < 4.78 is 0. The lowest BCUT2D eigenvalue weighted by Crippen LogP contribution is -2.33. The highest BCUT2D eigenvalue weighted by Crippen LogP contribution is 2.09. The Hall–Kier alpha value is -0.570. The van der Waals surface area contributed by atoms with Gasteiger partial charge in [-0.05, 0) is 13.3 Å². The van der Waals surface area contributed by atoms with Crippen molar-refractivity contribution in [2.75, 3.05) is 7.05 Å². The first-order chi connectivity index (χ1) is 4.66. The summed E-state index contributed by atoms with van der Waals surface area (Å²) in [4.78, 5) is 12.9. The Kier molecular flexibility index (Phi) is 1.94. The van der Waals surface area contributed by atoms with Crippen molar-refractivity contribution in [2.45, 2.75) is 32.5 Å². The minimum absolute atomic E-state index is 0.00921. The molecule has 3 nitrogen and oxygen atoms in total. The van der Waals surface area contributed by atoms with Crippen LogP contribution in [0.15, 0.2) is 0 Å². The number of rotatable bonds is 1. The average molecular weight is 142 g/mol. The minimum Gasteiger partial charge on any atom is -0.329 e. The number of hydrogen-bond donors (Lipinski definition) is 1. The maximum atomic E-state index is 11.1. The van der Waals surface area contributed by atoms with Gasteiger partial charge in [-0.2, -0.15) is 0 Å². The van der Waals surface area contributed by atoms with E-state index in [1.54, 1.807) is 4.90 Å². The smallest absolute Gasteiger partial charge is 0.240 e. The van der Waals surface area contributed by atoms with Crippen LogP contribution in [0, 0.1) is 0 Å². The van der Waals surface area contributed by atoms with E-state index in [-0.39, 0.29) is 18.1 Å². The maximum absolute atomic E-state index is 11.1. The van der Waals surface area contributed by atoms with Gasteiger partial charge in [-0.15, -0.1) is 0 Å². The van der Waals surface area contributed by atoms with Gasteiger partial charge < -0.3 is 4.90 Å². The summed E-state index contributed by atoms with van der Waals surface area (Å²) >= 11 is 0. The van der Waals surface area contributed by atoms with E-state index in [0.29, 0.717) is 0 Å². The van der Waals surface area contributed by atoms with Crippen LogP contribution in [-0.2, 0) is 4.79 Å². The summed E-state index contributed by atoms with van der Waals surface area (Å²) in [5, 5.41) is 3.18. The normalized spacial score (nSPS) is 33.5. The lowest BCUT2D eigenvalue weighted by Gasteiger charge is -2.16. The molecule has 0 aromatic rings. The van der Waals surface area contributed by atoms with Gasteiger partial charge in [0.25, 0.3) is 0 Å². The molecule has 0 saturated carbocycles. The lowest BCUT2D eigenvalue weighted by atomic mass is 10.3. The standard InChI is InChI=1S/C7H14N2O/c1-4-6-8-5(2)7(10)9(6)3/h5-6,8H,4H2,1-3H3. The Morgan fingerprint density at radius 1 is 1.70 bits per heavy atom. The van der Waals surface area contributed by atoms with Gasteiger partial charge >= 0.3 is 0 Å². The predicted octanol–water partition coefficient (Wildman–Crippen LogP) is 0.173. The molecule has 0 bridgehead atoms. The molecule has 1 amide bonds. The Morgan fingerprint density at radius 2 is 2.30 bits per heavy atom. The van der Waals surface area contributed by atoms with Gasteiger partial charge in [0.2, 0.25) is 5.91 Å². The number of carbonyl (C=O) groups is 1. The van der Waals surface area contributed by atoms with Crippen molar-refractivity contribution in [3.8, 4) is 0 Å². The van der Waals surface area contributed by atoms with Crippen LogP contribution < -0.4 is 5.32 Å². The topological polar surface area (TPSA) is 32.3 Å². The summed E-state index contributed by atoms with van der Waals surface area (Å²) in [5.74, 6) is 0.201. The van der Waals surface area contributed by atoms with Crippen molar-refractivity contribution in [2.24, 2.45) is 0 Å². The number of hydrogen-bond acceptors (Lipinski definition) is 2. The molecule has 0 aliphatic carbocycles. The first kappa shape index (κ1) is 7.54. The van der Waals surface area contributed by atoms with Gasteiger partial charge in [0.05, 0.1) is 12.2 Å². The van der Waals surface area contributed by atoms with Crippen molar-refractivity contribution in [3.63, 3.8) is 0 Å². The quantitative estimate of drug-likeness (QED) is 0.566. The Morgan fingerprint density at radius 3 is 2.50 bits per heavy atom. The number of amides is 1. The first-order valence-corrected chi connectivity index (χ1v) is 3.69. The number of carbonyl (C=O) groups excluding carboxylic acids is 1.